The van der Waals surface area contributed by atoms with Crippen LogP contribution in [-0.4, -0.2) is 23.2 Å². The van der Waals surface area contributed by atoms with Crippen LogP contribution in [-0.2, 0) is 0 Å². The number of halogens is 1. The Morgan fingerprint density at radius 2 is 2.04 bits per heavy atom. The van der Waals surface area contributed by atoms with Crippen molar-refractivity contribution in [2.45, 2.75) is 20.8 Å². The third-order valence-electron chi connectivity index (χ3n) is 3.34. The van der Waals surface area contributed by atoms with Crippen LogP contribution < -0.4 is 10.1 Å². The van der Waals surface area contributed by atoms with Crippen molar-refractivity contribution in [2.24, 2.45) is 0 Å². The maximum Gasteiger partial charge on any atom is 0.339 e. The predicted octanol–water partition coefficient (Wildman–Crippen LogP) is 5.22. The maximum atomic E-state index is 14.0. The minimum atomic E-state index is -1.11. The number of hydrogen-bond donors (Lipinski definition) is 2. The summed E-state index contributed by atoms with van der Waals surface area (Å²) in [5.74, 6) is -1.09. The lowest BCUT2D eigenvalue weighted by molar-refractivity contribution is 0.0700. The molecule has 2 N–H and O–H groups in total. The Labute approximate surface area is 149 Å². The Morgan fingerprint density at radius 1 is 1.32 bits per heavy atom. The third-order valence-corrected chi connectivity index (χ3v) is 4.37. The lowest BCUT2D eigenvalue weighted by Gasteiger charge is -2.07. The van der Waals surface area contributed by atoms with Crippen molar-refractivity contribution in [3.63, 3.8) is 0 Å². The number of benzene rings is 1. The van der Waals surface area contributed by atoms with E-state index in [2.05, 4.69) is 10.3 Å². The Balaban J connectivity index is 0.00000109. The molecular formula is C18H19FN2O3S. The van der Waals surface area contributed by atoms with Gasteiger partial charge in [0.25, 0.3) is 0 Å². The van der Waals surface area contributed by atoms with Crippen LogP contribution >= 0.6 is 11.3 Å². The van der Waals surface area contributed by atoms with Crippen LogP contribution in [0, 0.1) is 12.7 Å². The number of nitrogens with zero attached hydrogens (tertiary/aromatic N) is 1. The van der Waals surface area contributed by atoms with E-state index in [0.717, 1.165) is 16.9 Å². The molecule has 2 heterocycles. The number of thiophene rings is 1. The second-order valence-corrected chi connectivity index (χ2v) is 5.95. The van der Waals surface area contributed by atoms with Crippen LogP contribution in [0.5, 0.6) is 5.75 Å². The van der Waals surface area contributed by atoms with Gasteiger partial charge in [-0.3, -0.25) is 0 Å². The minimum absolute atomic E-state index is 0.0522. The zero-order valence-corrected chi connectivity index (χ0v) is 15.2. The van der Waals surface area contributed by atoms with Gasteiger partial charge in [0.1, 0.15) is 27.0 Å². The average Bonchev–Trinajstić information content (AvgIpc) is 2.96. The Hall–Kier alpha value is -2.67. The summed E-state index contributed by atoms with van der Waals surface area (Å²) in [7, 11) is 1.48. The second kappa shape index (κ2) is 7.94. The number of hydrogen-bond acceptors (Lipinski definition) is 5. The minimum Gasteiger partial charge on any atom is -0.495 e. The van der Waals surface area contributed by atoms with E-state index in [1.807, 2.05) is 13.8 Å². The number of nitrogens with one attached hydrogen (secondary N) is 1. The molecule has 0 saturated heterocycles. The number of aryl methyl sites for hydroxylation is 1. The summed E-state index contributed by atoms with van der Waals surface area (Å²) >= 11 is 1.15. The number of aromatic carboxylic acids is 1. The Bertz CT molecular complexity index is 909. The van der Waals surface area contributed by atoms with Crippen molar-refractivity contribution in [2.75, 3.05) is 12.4 Å². The number of anilines is 2. The zero-order valence-electron chi connectivity index (χ0n) is 14.4. The lowest BCUT2D eigenvalue weighted by Crippen LogP contribution is -2.01. The molecule has 132 valence electrons. The molecule has 0 fully saturated rings. The molecule has 3 rings (SSSR count). The number of pyridine rings is 1. The first-order valence-corrected chi connectivity index (χ1v) is 8.54. The normalized spacial score (nSPS) is 10.1. The monoisotopic (exact) mass is 362 g/mol. The number of ether oxygens (including phenoxy) is 1. The molecule has 0 aliphatic rings. The fraction of sp³-hybridized carbons (Fsp3) is 0.222. The fourth-order valence-corrected chi connectivity index (χ4v) is 3.25. The van der Waals surface area contributed by atoms with Gasteiger partial charge in [-0.1, -0.05) is 31.3 Å². The van der Waals surface area contributed by atoms with E-state index in [1.165, 1.54) is 19.4 Å². The highest BCUT2D eigenvalue weighted by Crippen LogP contribution is 2.38. The van der Waals surface area contributed by atoms with Crippen LogP contribution in [0.25, 0.3) is 10.2 Å². The molecule has 1 aromatic carbocycles. The molecule has 0 aliphatic heterocycles. The van der Waals surface area contributed by atoms with Crippen LogP contribution in [0.4, 0.5) is 15.1 Å². The highest BCUT2D eigenvalue weighted by atomic mass is 32.1. The molecular weight excluding hydrogens is 343 g/mol. The SMILES string of the molecule is CC.COc1cnc2sc(Nc3ccc(C)cc3F)c(C(=O)O)c2c1. The van der Waals surface area contributed by atoms with E-state index in [9.17, 15) is 14.3 Å². The van der Waals surface area contributed by atoms with Crippen LogP contribution in [0.1, 0.15) is 29.8 Å². The Kier molecular flexibility index (Phi) is 5.93. The van der Waals surface area contributed by atoms with Gasteiger partial charge in [-0.15, -0.1) is 0 Å². The number of methoxy groups -OCH3 is 1. The third kappa shape index (κ3) is 3.88. The summed E-state index contributed by atoms with van der Waals surface area (Å²) in [5.41, 5.74) is 1.06. The van der Waals surface area contributed by atoms with Crippen molar-refractivity contribution < 1.29 is 19.0 Å². The van der Waals surface area contributed by atoms with Gasteiger partial charge in [0.2, 0.25) is 0 Å². The summed E-state index contributed by atoms with van der Waals surface area (Å²) in [5, 5.41) is 13.2. The molecule has 0 atom stereocenters. The van der Waals surface area contributed by atoms with E-state index < -0.39 is 11.8 Å². The average molecular weight is 362 g/mol. The van der Waals surface area contributed by atoms with Gasteiger partial charge >= 0.3 is 5.97 Å². The summed E-state index contributed by atoms with van der Waals surface area (Å²) in [6, 6.07) is 6.32. The maximum absolute atomic E-state index is 14.0. The molecule has 0 bridgehead atoms. The number of carboxylic acid groups (broad SMARTS) is 1. The highest BCUT2D eigenvalue weighted by molar-refractivity contribution is 7.23. The molecule has 5 nitrogen and oxygen atoms in total. The molecule has 0 radical (unpaired) electrons. The summed E-state index contributed by atoms with van der Waals surface area (Å²) in [4.78, 5) is 16.4. The number of aromatic nitrogens is 1. The lowest BCUT2D eigenvalue weighted by atomic mass is 10.2. The van der Waals surface area contributed by atoms with Crippen molar-refractivity contribution >= 4 is 38.2 Å². The molecule has 25 heavy (non-hydrogen) atoms. The van der Waals surface area contributed by atoms with Crippen molar-refractivity contribution in [1.29, 1.82) is 0 Å². The number of carbonyl (C=O) groups is 1. The molecule has 0 amide bonds. The quantitative estimate of drug-likeness (QED) is 0.666. The molecule has 0 spiro atoms. The van der Waals surface area contributed by atoms with Gasteiger partial charge in [-0.2, -0.15) is 0 Å². The molecule has 2 aromatic heterocycles. The van der Waals surface area contributed by atoms with E-state index in [4.69, 9.17) is 4.74 Å². The van der Waals surface area contributed by atoms with Gasteiger partial charge in [-0.25, -0.2) is 14.2 Å². The summed E-state index contributed by atoms with van der Waals surface area (Å²) < 4.78 is 19.1. The van der Waals surface area contributed by atoms with Gasteiger partial charge in [0.05, 0.1) is 19.0 Å². The molecule has 3 aromatic rings. The summed E-state index contributed by atoms with van der Waals surface area (Å²) in [6.45, 7) is 5.78. The molecule has 7 heteroatoms. The molecule has 0 unspecified atom stereocenters. The van der Waals surface area contributed by atoms with Gasteiger partial charge in [-0.05, 0) is 30.7 Å². The zero-order chi connectivity index (χ0) is 18.6. The van der Waals surface area contributed by atoms with Crippen LogP contribution in [0.3, 0.4) is 0 Å². The van der Waals surface area contributed by atoms with Crippen LogP contribution in [0.2, 0.25) is 0 Å². The van der Waals surface area contributed by atoms with Crippen molar-refractivity contribution in [3.8, 4) is 5.75 Å². The van der Waals surface area contributed by atoms with E-state index >= 15 is 0 Å². The molecule has 0 saturated carbocycles. The highest BCUT2D eigenvalue weighted by Gasteiger charge is 2.20. The number of carboxylic acids is 1. The van der Waals surface area contributed by atoms with Crippen molar-refractivity contribution in [3.05, 3.63) is 47.4 Å². The van der Waals surface area contributed by atoms with Gasteiger partial charge in [0, 0.05) is 5.39 Å². The van der Waals surface area contributed by atoms with E-state index in [-0.39, 0.29) is 11.3 Å². The molecule has 0 aliphatic carbocycles. The first-order valence-electron chi connectivity index (χ1n) is 7.72. The second-order valence-electron chi connectivity index (χ2n) is 4.95. The standard InChI is InChI=1S/C16H13FN2O3S.C2H6/c1-8-3-4-12(11(17)5-8)19-15-13(16(20)21)10-6-9(22-2)7-18-14(10)23-15;1-2/h3-7,19H,1-2H3,(H,20,21);1-2H3. The topological polar surface area (TPSA) is 71.5 Å². The fourth-order valence-electron chi connectivity index (χ4n) is 2.22. The van der Waals surface area contributed by atoms with Crippen LogP contribution in [0.15, 0.2) is 30.5 Å². The number of fused-ring (bicyclic) bond motifs is 1. The van der Waals surface area contributed by atoms with Gasteiger partial charge < -0.3 is 15.2 Å². The predicted molar refractivity (Wildman–Crippen MR) is 98.9 cm³/mol. The van der Waals surface area contributed by atoms with Gasteiger partial charge in [0.15, 0.2) is 0 Å². The first kappa shape index (κ1) is 18.7. The smallest absolute Gasteiger partial charge is 0.339 e. The van der Waals surface area contributed by atoms with E-state index in [1.54, 1.807) is 25.1 Å². The number of rotatable bonds is 4. The largest absolute Gasteiger partial charge is 0.495 e. The summed E-state index contributed by atoms with van der Waals surface area (Å²) in [6.07, 6.45) is 1.51. The van der Waals surface area contributed by atoms with E-state index in [0.29, 0.717) is 21.0 Å². The Morgan fingerprint density at radius 3 is 2.64 bits per heavy atom. The first-order chi connectivity index (χ1) is 12.0. The van der Waals surface area contributed by atoms with Crippen molar-refractivity contribution in [1.82, 2.24) is 4.98 Å².